The van der Waals surface area contributed by atoms with Crippen LogP contribution in [-0.2, 0) is 14.3 Å². The largest absolute Gasteiger partial charge is 0.457 e. The highest BCUT2D eigenvalue weighted by Gasteiger charge is 2.25. The van der Waals surface area contributed by atoms with Crippen molar-refractivity contribution in [1.29, 1.82) is 0 Å². The molecule has 0 aromatic carbocycles. The topological polar surface area (TPSA) is 88.8 Å². The number of thiocarbonyl (C=S) groups is 1. The van der Waals surface area contributed by atoms with E-state index in [1.807, 2.05) is 0 Å². The Morgan fingerprint density at radius 2 is 2.33 bits per heavy atom. The van der Waals surface area contributed by atoms with E-state index in [0.29, 0.717) is 16.6 Å². The third-order valence-corrected chi connectivity index (χ3v) is 3.99. The maximum absolute atomic E-state index is 11.5. The average molecular weight is 328 g/mol. The molecule has 7 nitrogen and oxygen atoms in total. The van der Waals surface area contributed by atoms with Gasteiger partial charge in [-0.1, -0.05) is 24.0 Å². The van der Waals surface area contributed by atoms with Crippen LogP contribution in [0, 0.1) is 0 Å². The summed E-state index contributed by atoms with van der Waals surface area (Å²) in [6.45, 7) is 0.138. The Morgan fingerprint density at radius 3 is 2.95 bits per heavy atom. The first-order chi connectivity index (χ1) is 10.1. The zero-order valence-corrected chi connectivity index (χ0v) is 12.5. The lowest BCUT2D eigenvalue weighted by Gasteiger charge is -2.14. The average Bonchev–Trinajstić information content (AvgIpc) is 3.09. The van der Waals surface area contributed by atoms with E-state index in [1.165, 1.54) is 29.0 Å². The molecule has 0 radical (unpaired) electrons. The molecule has 9 heteroatoms. The zero-order chi connectivity index (χ0) is 15.2. The third-order valence-electron chi connectivity index (χ3n) is 2.55. The van der Waals surface area contributed by atoms with E-state index >= 15 is 0 Å². The maximum atomic E-state index is 11.5. The minimum Gasteiger partial charge on any atom is -0.457 e. The van der Waals surface area contributed by atoms with Crippen molar-refractivity contribution in [2.24, 2.45) is 0 Å². The fourth-order valence-electron chi connectivity index (χ4n) is 1.55. The molecule has 0 spiro atoms. The van der Waals surface area contributed by atoms with Gasteiger partial charge < -0.3 is 14.5 Å². The van der Waals surface area contributed by atoms with Gasteiger partial charge in [0.2, 0.25) is 11.7 Å². The molecule has 0 aliphatic carbocycles. The van der Waals surface area contributed by atoms with Gasteiger partial charge in [0.25, 0.3) is 5.91 Å². The summed E-state index contributed by atoms with van der Waals surface area (Å²) in [4.78, 5) is 35.8. The fourth-order valence-corrected chi connectivity index (χ4v) is 2.67. The standard InChI is InChI=1S/C12H12N2O5S2/c15-9(6-19-11(17)8-2-1-5-18-8)13-3-4-14-10(16)7-21-12(14)20/h1-2,5H,3-4,6-7H2,(H,13,15). The number of hydrogen-bond donors (Lipinski definition) is 1. The minimum atomic E-state index is -0.706. The highest BCUT2D eigenvalue weighted by Crippen LogP contribution is 2.18. The zero-order valence-electron chi connectivity index (χ0n) is 10.9. The molecular formula is C12H12N2O5S2. The number of carbonyl (C=O) groups is 3. The van der Waals surface area contributed by atoms with Crippen molar-refractivity contribution in [3.05, 3.63) is 24.2 Å². The number of ether oxygens (including phenoxy) is 1. The van der Waals surface area contributed by atoms with E-state index in [0.717, 1.165) is 0 Å². The van der Waals surface area contributed by atoms with Crippen LogP contribution < -0.4 is 5.32 Å². The number of furan rings is 1. The van der Waals surface area contributed by atoms with Crippen LogP contribution in [0.2, 0.25) is 0 Å². The van der Waals surface area contributed by atoms with Gasteiger partial charge in [0, 0.05) is 13.1 Å². The van der Waals surface area contributed by atoms with E-state index in [2.05, 4.69) is 5.32 Å². The quantitative estimate of drug-likeness (QED) is 0.598. The van der Waals surface area contributed by atoms with Gasteiger partial charge in [-0.3, -0.25) is 14.5 Å². The molecule has 0 atom stereocenters. The Hall–Kier alpha value is -1.87. The number of hydrogen-bond acceptors (Lipinski definition) is 7. The van der Waals surface area contributed by atoms with Gasteiger partial charge in [0.1, 0.15) is 4.32 Å². The number of esters is 1. The van der Waals surface area contributed by atoms with Crippen LogP contribution >= 0.6 is 24.0 Å². The van der Waals surface area contributed by atoms with E-state index in [9.17, 15) is 14.4 Å². The first-order valence-corrected chi connectivity index (χ1v) is 7.42. The summed E-state index contributed by atoms with van der Waals surface area (Å²) in [6, 6.07) is 2.99. The van der Waals surface area contributed by atoms with Gasteiger partial charge in [-0.25, -0.2) is 4.79 Å². The molecule has 21 heavy (non-hydrogen) atoms. The Bertz CT molecular complexity index is 542. The summed E-state index contributed by atoms with van der Waals surface area (Å²) in [5.41, 5.74) is 0. The Labute approximate surface area is 130 Å². The smallest absolute Gasteiger partial charge is 0.374 e. The molecule has 1 N–H and O–H groups in total. The molecule has 2 rings (SSSR count). The molecule has 0 bridgehead atoms. The molecule has 1 saturated heterocycles. The predicted octanol–water partition coefficient (Wildman–Crippen LogP) is 0.413. The summed E-state index contributed by atoms with van der Waals surface area (Å²) in [6.07, 6.45) is 1.34. The second kappa shape index (κ2) is 7.23. The van der Waals surface area contributed by atoms with E-state index in [4.69, 9.17) is 21.4 Å². The Balaban J connectivity index is 1.65. The molecule has 1 aromatic rings. The summed E-state index contributed by atoms with van der Waals surface area (Å²) < 4.78 is 10.1. The van der Waals surface area contributed by atoms with Crippen LogP contribution in [0.25, 0.3) is 0 Å². The van der Waals surface area contributed by atoms with Gasteiger partial charge in [-0.2, -0.15) is 0 Å². The SMILES string of the molecule is O=C(COC(=O)c1ccco1)NCCN1C(=O)CSC1=S. The lowest BCUT2D eigenvalue weighted by atomic mass is 10.4. The molecule has 0 unspecified atom stereocenters. The molecule has 1 aliphatic rings. The van der Waals surface area contributed by atoms with Crippen molar-refractivity contribution in [3.63, 3.8) is 0 Å². The second-order valence-electron chi connectivity index (χ2n) is 4.00. The van der Waals surface area contributed by atoms with Crippen LogP contribution in [-0.4, -0.2) is 52.5 Å². The first-order valence-electron chi connectivity index (χ1n) is 6.02. The van der Waals surface area contributed by atoms with Crippen molar-refractivity contribution in [2.75, 3.05) is 25.4 Å². The monoisotopic (exact) mass is 328 g/mol. The van der Waals surface area contributed by atoms with Gasteiger partial charge in [0.15, 0.2) is 6.61 Å². The van der Waals surface area contributed by atoms with Gasteiger partial charge in [-0.15, -0.1) is 0 Å². The van der Waals surface area contributed by atoms with Crippen molar-refractivity contribution in [1.82, 2.24) is 10.2 Å². The molecule has 1 fully saturated rings. The minimum absolute atomic E-state index is 0.0350. The summed E-state index contributed by atoms with van der Waals surface area (Å²) in [7, 11) is 0. The van der Waals surface area contributed by atoms with Crippen molar-refractivity contribution >= 4 is 46.1 Å². The van der Waals surface area contributed by atoms with Crippen molar-refractivity contribution in [3.8, 4) is 0 Å². The summed E-state index contributed by atoms with van der Waals surface area (Å²) in [5, 5.41) is 2.54. The van der Waals surface area contributed by atoms with Crippen LogP contribution in [0.3, 0.4) is 0 Å². The molecular weight excluding hydrogens is 316 g/mol. The van der Waals surface area contributed by atoms with Gasteiger partial charge in [-0.05, 0) is 12.1 Å². The van der Waals surface area contributed by atoms with Crippen LogP contribution in [0.4, 0.5) is 0 Å². The van der Waals surface area contributed by atoms with Gasteiger partial charge in [0.05, 0.1) is 12.0 Å². The van der Waals surface area contributed by atoms with Crippen molar-refractivity contribution < 1.29 is 23.5 Å². The molecule has 0 saturated carbocycles. The highest BCUT2D eigenvalue weighted by atomic mass is 32.2. The first kappa shape index (κ1) is 15.5. The predicted molar refractivity (Wildman–Crippen MR) is 78.8 cm³/mol. The number of carbonyl (C=O) groups excluding carboxylic acids is 3. The van der Waals surface area contributed by atoms with E-state index in [1.54, 1.807) is 6.07 Å². The maximum Gasteiger partial charge on any atom is 0.374 e. The van der Waals surface area contributed by atoms with E-state index < -0.39 is 18.5 Å². The molecule has 2 heterocycles. The van der Waals surface area contributed by atoms with Crippen LogP contribution in [0.5, 0.6) is 0 Å². The fraction of sp³-hybridized carbons (Fsp3) is 0.333. The van der Waals surface area contributed by atoms with Crippen LogP contribution in [0.15, 0.2) is 22.8 Å². The number of amides is 2. The summed E-state index contributed by atoms with van der Waals surface area (Å²) >= 11 is 6.30. The Kier molecular flexibility index (Phi) is 5.34. The highest BCUT2D eigenvalue weighted by molar-refractivity contribution is 8.23. The normalized spacial score (nSPS) is 14.4. The number of nitrogens with one attached hydrogen (secondary N) is 1. The van der Waals surface area contributed by atoms with Crippen LogP contribution in [0.1, 0.15) is 10.6 Å². The molecule has 112 valence electrons. The van der Waals surface area contributed by atoms with Gasteiger partial charge >= 0.3 is 5.97 Å². The van der Waals surface area contributed by atoms with E-state index in [-0.39, 0.29) is 18.2 Å². The number of nitrogens with zero attached hydrogens (tertiary/aromatic N) is 1. The Morgan fingerprint density at radius 1 is 1.52 bits per heavy atom. The molecule has 1 aliphatic heterocycles. The van der Waals surface area contributed by atoms with Crippen molar-refractivity contribution in [2.45, 2.75) is 0 Å². The second-order valence-corrected chi connectivity index (χ2v) is 5.61. The molecule has 1 aromatic heterocycles. The number of rotatable bonds is 6. The number of thioether (sulfide) groups is 1. The lowest BCUT2D eigenvalue weighted by Crippen LogP contribution is -2.38. The summed E-state index contributed by atoms with van der Waals surface area (Å²) in [5.74, 6) is -0.855. The lowest BCUT2D eigenvalue weighted by molar-refractivity contribution is -0.126. The molecule has 2 amide bonds. The third kappa shape index (κ3) is 4.30.